The maximum absolute atomic E-state index is 12.3. The Labute approximate surface area is 142 Å². The lowest BCUT2D eigenvalue weighted by molar-refractivity contribution is -0.136. The van der Waals surface area contributed by atoms with Gasteiger partial charge in [-0.05, 0) is 31.2 Å². The predicted molar refractivity (Wildman–Crippen MR) is 92.1 cm³/mol. The van der Waals surface area contributed by atoms with Crippen molar-refractivity contribution in [3.8, 4) is 0 Å². The molecule has 2 aliphatic rings. The molecule has 3 rings (SSSR count). The van der Waals surface area contributed by atoms with Gasteiger partial charge in [0.1, 0.15) is 6.04 Å². The molecule has 6 heteroatoms. The molecule has 0 radical (unpaired) electrons. The van der Waals surface area contributed by atoms with E-state index in [2.05, 4.69) is 22.4 Å². The van der Waals surface area contributed by atoms with Gasteiger partial charge in [0, 0.05) is 37.4 Å². The van der Waals surface area contributed by atoms with E-state index < -0.39 is 6.04 Å². The van der Waals surface area contributed by atoms with Crippen LogP contribution in [0.3, 0.4) is 0 Å². The average molecular weight is 329 g/mol. The molecule has 0 spiro atoms. The fourth-order valence-electron chi connectivity index (χ4n) is 2.91. The molecule has 128 valence electrons. The first-order valence-corrected chi connectivity index (χ1v) is 8.32. The Morgan fingerprint density at radius 1 is 1.08 bits per heavy atom. The van der Waals surface area contributed by atoms with Gasteiger partial charge in [0.2, 0.25) is 5.91 Å². The van der Waals surface area contributed by atoms with Crippen molar-refractivity contribution in [2.45, 2.75) is 13.0 Å². The van der Waals surface area contributed by atoms with E-state index in [1.54, 1.807) is 24.0 Å². The van der Waals surface area contributed by atoms with Crippen LogP contribution in [0, 0.1) is 0 Å². The first-order valence-electron chi connectivity index (χ1n) is 8.32. The maximum atomic E-state index is 12.3. The van der Waals surface area contributed by atoms with E-state index in [0.29, 0.717) is 31.9 Å². The number of amides is 2. The molecule has 24 heavy (non-hydrogen) atoms. The number of morpholine rings is 1. The quantitative estimate of drug-likeness (QED) is 0.839. The first kappa shape index (κ1) is 16.5. The third-order valence-electron chi connectivity index (χ3n) is 4.35. The summed E-state index contributed by atoms with van der Waals surface area (Å²) < 4.78 is 5.24. The minimum Gasteiger partial charge on any atom is -0.378 e. The number of carbonyl (C=O) groups is 2. The van der Waals surface area contributed by atoms with Crippen LogP contribution in [-0.2, 0) is 9.53 Å². The van der Waals surface area contributed by atoms with Crippen LogP contribution < -0.4 is 10.2 Å². The van der Waals surface area contributed by atoms with Crippen molar-refractivity contribution in [1.29, 1.82) is 0 Å². The highest BCUT2D eigenvalue weighted by atomic mass is 16.5. The maximum Gasteiger partial charge on any atom is 0.251 e. The molecule has 6 nitrogen and oxygen atoms in total. The third-order valence-corrected chi connectivity index (χ3v) is 4.35. The highest BCUT2D eigenvalue weighted by Crippen LogP contribution is 2.17. The Balaban J connectivity index is 1.56. The molecule has 2 aliphatic heterocycles. The van der Waals surface area contributed by atoms with Gasteiger partial charge in [-0.15, -0.1) is 0 Å². The summed E-state index contributed by atoms with van der Waals surface area (Å²) in [6.07, 6.45) is 4.25. The van der Waals surface area contributed by atoms with E-state index in [1.807, 2.05) is 12.1 Å². The van der Waals surface area contributed by atoms with E-state index in [4.69, 9.17) is 4.74 Å². The fraction of sp³-hybridized carbons (Fsp3) is 0.444. The number of hydrogen-bond donors (Lipinski definition) is 1. The number of rotatable bonds is 4. The van der Waals surface area contributed by atoms with Gasteiger partial charge in [-0.3, -0.25) is 9.59 Å². The number of carbonyl (C=O) groups excluding carboxylic acids is 2. The first-order chi connectivity index (χ1) is 11.6. The number of anilines is 1. The van der Waals surface area contributed by atoms with Crippen molar-refractivity contribution in [2.24, 2.45) is 0 Å². The van der Waals surface area contributed by atoms with Crippen LogP contribution in [0.25, 0.3) is 0 Å². The molecule has 0 saturated carbocycles. The summed E-state index contributed by atoms with van der Waals surface area (Å²) in [5, 5.41) is 2.79. The smallest absolute Gasteiger partial charge is 0.251 e. The molecule has 1 atom stereocenters. The van der Waals surface area contributed by atoms with Gasteiger partial charge >= 0.3 is 0 Å². The Hall–Kier alpha value is -2.34. The largest absolute Gasteiger partial charge is 0.378 e. The van der Waals surface area contributed by atoms with Gasteiger partial charge in [-0.25, -0.2) is 0 Å². The monoisotopic (exact) mass is 329 g/mol. The lowest BCUT2D eigenvalue weighted by Gasteiger charge is -2.29. The summed E-state index contributed by atoms with van der Waals surface area (Å²) in [5.74, 6) is -0.290. The number of nitrogens with zero attached hydrogens (tertiary/aromatic N) is 2. The second-order valence-corrected chi connectivity index (χ2v) is 6.06. The molecule has 0 bridgehead atoms. The molecular formula is C18H23N3O3. The van der Waals surface area contributed by atoms with E-state index in [9.17, 15) is 9.59 Å². The van der Waals surface area contributed by atoms with E-state index in [-0.39, 0.29) is 11.8 Å². The van der Waals surface area contributed by atoms with Gasteiger partial charge in [0.25, 0.3) is 5.91 Å². The summed E-state index contributed by atoms with van der Waals surface area (Å²) in [6, 6.07) is 6.94. The fourth-order valence-corrected chi connectivity index (χ4v) is 2.91. The third kappa shape index (κ3) is 3.76. The zero-order chi connectivity index (χ0) is 16.9. The lowest BCUT2D eigenvalue weighted by atomic mass is 10.1. The Bertz CT molecular complexity index is 613. The summed E-state index contributed by atoms with van der Waals surface area (Å²) in [6.45, 7) is 5.79. The molecule has 0 aliphatic carbocycles. The van der Waals surface area contributed by atoms with Crippen molar-refractivity contribution in [3.05, 3.63) is 42.0 Å². The van der Waals surface area contributed by atoms with Crippen LogP contribution in [0.2, 0.25) is 0 Å². The van der Waals surface area contributed by atoms with Gasteiger partial charge < -0.3 is 19.9 Å². The van der Waals surface area contributed by atoms with Crippen molar-refractivity contribution < 1.29 is 14.3 Å². The molecule has 1 saturated heterocycles. The summed E-state index contributed by atoms with van der Waals surface area (Å²) in [5.41, 5.74) is 1.65. The van der Waals surface area contributed by atoms with Crippen LogP contribution in [0.1, 0.15) is 17.3 Å². The van der Waals surface area contributed by atoms with E-state index in [0.717, 1.165) is 18.8 Å². The van der Waals surface area contributed by atoms with Crippen LogP contribution in [0.5, 0.6) is 0 Å². The molecular weight excluding hydrogens is 306 g/mol. The van der Waals surface area contributed by atoms with Crippen LogP contribution >= 0.6 is 0 Å². The minimum atomic E-state index is -0.543. The molecule has 1 fully saturated rings. The summed E-state index contributed by atoms with van der Waals surface area (Å²) in [4.78, 5) is 28.6. The number of nitrogens with one attached hydrogen (secondary N) is 1. The lowest BCUT2D eigenvalue weighted by Crippen LogP contribution is -2.50. The van der Waals surface area contributed by atoms with Gasteiger partial charge in [-0.2, -0.15) is 0 Å². The highest BCUT2D eigenvalue weighted by molar-refractivity contribution is 5.97. The SMILES string of the molecule is CC(NC(=O)c1ccc(N2CC=CC2)cc1)C(=O)N1CCOCC1. The van der Waals surface area contributed by atoms with Crippen molar-refractivity contribution >= 4 is 17.5 Å². The van der Waals surface area contributed by atoms with Gasteiger partial charge in [0.15, 0.2) is 0 Å². The highest BCUT2D eigenvalue weighted by Gasteiger charge is 2.24. The molecule has 0 aromatic heterocycles. The van der Waals surface area contributed by atoms with Crippen molar-refractivity contribution in [2.75, 3.05) is 44.3 Å². The minimum absolute atomic E-state index is 0.0635. The van der Waals surface area contributed by atoms with Crippen LogP contribution in [-0.4, -0.2) is 62.1 Å². The second kappa shape index (κ2) is 7.49. The Morgan fingerprint density at radius 3 is 2.33 bits per heavy atom. The normalized spacial score (nSPS) is 18.5. The average Bonchev–Trinajstić information content (AvgIpc) is 3.16. The zero-order valence-corrected chi connectivity index (χ0v) is 13.9. The van der Waals surface area contributed by atoms with Gasteiger partial charge in [0.05, 0.1) is 13.2 Å². The number of benzene rings is 1. The van der Waals surface area contributed by atoms with Crippen molar-refractivity contribution in [1.82, 2.24) is 10.2 Å². The van der Waals surface area contributed by atoms with Crippen LogP contribution in [0.15, 0.2) is 36.4 Å². The Morgan fingerprint density at radius 2 is 1.71 bits per heavy atom. The molecule has 1 unspecified atom stereocenters. The predicted octanol–water partition coefficient (Wildman–Crippen LogP) is 1.04. The number of hydrogen-bond acceptors (Lipinski definition) is 4. The standard InChI is InChI=1S/C18H23N3O3/c1-14(18(23)21-10-12-24-13-11-21)19-17(22)15-4-6-16(7-5-15)20-8-2-3-9-20/h2-7,14H,8-13H2,1H3,(H,19,22). The molecule has 2 amide bonds. The summed E-state index contributed by atoms with van der Waals surface area (Å²) in [7, 11) is 0. The van der Waals surface area contributed by atoms with Gasteiger partial charge in [-0.1, -0.05) is 12.2 Å². The zero-order valence-electron chi connectivity index (χ0n) is 13.9. The van der Waals surface area contributed by atoms with Crippen molar-refractivity contribution in [3.63, 3.8) is 0 Å². The Kier molecular flexibility index (Phi) is 5.15. The van der Waals surface area contributed by atoms with Crippen LogP contribution in [0.4, 0.5) is 5.69 Å². The topological polar surface area (TPSA) is 61.9 Å². The van der Waals surface area contributed by atoms with E-state index in [1.165, 1.54) is 0 Å². The molecule has 1 aromatic carbocycles. The number of ether oxygens (including phenoxy) is 1. The second-order valence-electron chi connectivity index (χ2n) is 6.06. The molecule has 1 N–H and O–H groups in total. The molecule has 2 heterocycles. The summed E-state index contributed by atoms with van der Waals surface area (Å²) >= 11 is 0. The molecule has 1 aromatic rings. The van der Waals surface area contributed by atoms with E-state index >= 15 is 0 Å².